The number of hydrogen-bond donors (Lipinski definition) is 2. The van der Waals surface area contributed by atoms with Gasteiger partial charge in [-0.3, -0.25) is 14.5 Å². The molecule has 0 aliphatic carbocycles. The summed E-state index contributed by atoms with van der Waals surface area (Å²) in [6, 6.07) is 3.83. The number of likely N-dealkylation sites (N-methyl/N-ethyl adjacent to an activating group) is 1. The van der Waals surface area contributed by atoms with Crippen molar-refractivity contribution in [1.29, 1.82) is 0 Å². The van der Waals surface area contributed by atoms with Crippen molar-refractivity contribution < 1.29 is 14.3 Å². The van der Waals surface area contributed by atoms with Crippen LogP contribution in [0.2, 0.25) is 0 Å². The maximum absolute atomic E-state index is 12.8. The number of hydrogen-bond acceptors (Lipinski definition) is 5. The first kappa shape index (κ1) is 20.0. The molecule has 0 bridgehead atoms. The molecule has 0 aromatic heterocycles. The largest absolute Gasteiger partial charge is 0.496 e. The van der Waals surface area contributed by atoms with Crippen LogP contribution < -0.4 is 20.3 Å². The summed E-state index contributed by atoms with van der Waals surface area (Å²) < 4.78 is 5.42. The summed E-state index contributed by atoms with van der Waals surface area (Å²) >= 11 is 0. The summed E-state index contributed by atoms with van der Waals surface area (Å²) in [5.41, 5.74) is 1.79. The van der Waals surface area contributed by atoms with E-state index in [0.29, 0.717) is 29.6 Å². The highest BCUT2D eigenvalue weighted by molar-refractivity contribution is 6.01. The predicted molar refractivity (Wildman–Crippen MR) is 104 cm³/mol. The Labute approximate surface area is 155 Å². The molecule has 1 aromatic rings. The molecule has 0 radical (unpaired) electrons. The Hall–Kier alpha value is -2.28. The lowest BCUT2D eigenvalue weighted by Crippen LogP contribution is -2.40. The number of anilines is 2. The van der Waals surface area contributed by atoms with E-state index in [0.717, 1.165) is 25.2 Å². The van der Waals surface area contributed by atoms with E-state index in [2.05, 4.69) is 22.5 Å². The fourth-order valence-electron chi connectivity index (χ4n) is 3.42. The lowest BCUT2D eigenvalue weighted by atomic mass is 10.1. The van der Waals surface area contributed by atoms with E-state index in [1.807, 2.05) is 19.0 Å². The van der Waals surface area contributed by atoms with E-state index < -0.39 is 0 Å². The van der Waals surface area contributed by atoms with Gasteiger partial charge in [-0.15, -0.1) is 0 Å². The van der Waals surface area contributed by atoms with Gasteiger partial charge in [-0.2, -0.15) is 0 Å². The van der Waals surface area contributed by atoms with Crippen molar-refractivity contribution in [3.8, 4) is 5.75 Å². The number of benzene rings is 1. The molecule has 1 aliphatic rings. The summed E-state index contributed by atoms with van der Waals surface area (Å²) in [6.45, 7) is 6.28. The molecule has 7 nitrogen and oxygen atoms in total. The molecule has 26 heavy (non-hydrogen) atoms. The minimum Gasteiger partial charge on any atom is -0.496 e. The first-order chi connectivity index (χ1) is 12.4. The topological polar surface area (TPSA) is 73.9 Å². The maximum Gasteiger partial charge on any atom is 0.255 e. The normalized spacial score (nSPS) is 17.0. The number of likely N-dealkylation sites (tertiary alicyclic amines) is 1. The standard InChI is InChI=1S/C19H30N4O3/c1-6-23-9-7-8-14(23)12-20-19(25)15-10-16(21-13(2)24)17(22(3)4)11-18(15)26-5/h10-11,14H,6-9,12H2,1-5H3,(H,20,25)(H,21,24)/t14-/m1/s1. The predicted octanol–water partition coefficient (Wildman–Crippen LogP) is 1.93. The molecule has 144 valence electrons. The van der Waals surface area contributed by atoms with Crippen LogP contribution in [-0.4, -0.2) is 63.6 Å². The number of carbonyl (C=O) groups excluding carboxylic acids is 2. The second-order valence-electron chi connectivity index (χ2n) is 6.78. The Morgan fingerprint density at radius 1 is 1.35 bits per heavy atom. The Morgan fingerprint density at radius 2 is 2.08 bits per heavy atom. The van der Waals surface area contributed by atoms with Crippen LogP contribution >= 0.6 is 0 Å². The van der Waals surface area contributed by atoms with Gasteiger partial charge in [0.1, 0.15) is 5.75 Å². The Balaban J connectivity index is 2.22. The zero-order valence-corrected chi connectivity index (χ0v) is 16.4. The monoisotopic (exact) mass is 362 g/mol. The third-order valence-corrected chi connectivity index (χ3v) is 4.76. The average molecular weight is 362 g/mol. The van der Waals surface area contributed by atoms with Crippen LogP contribution in [0.15, 0.2) is 12.1 Å². The second-order valence-corrected chi connectivity index (χ2v) is 6.78. The first-order valence-corrected chi connectivity index (χ1v) is 9.06. The van der Waals surface area contributed by atoms with E-state index in [1.54, 1.807) is 19.2 Å². The molecule has 2 amide bonds. The average Bonchev–Trinajstić information content (AvgIpc) is 3.06. The fraction of sp³-hybridized carbons (Fsp3) is 0.579. The van der Waals surface area contributed by atoms with E-state index >= 15 is 0 Å². The lowest BCUT2D eigenvalue weighted by molar-refractivity contribution is -0.114. The van der Waals surface area contributed by atoms with Crippen LogP contribution in [0, 0.1) is 0 Å². The third-order valence-electron chi connectivity index (χ3n) is 4.76. The van der Waals surface area contributed by atoms with Crippen molar-refractivity contribution in [3.63, 3.8) is 0 Å². The molecule has 1 saturated heterocycles. The minimum absolute atomic E-state index is 0.186. The number of nitrogens with zero attached hydrogens (tertiary/aromatic N) is 2. The van der Waals surface area contributed by atoms with E-state index in [4.69, 9.17) is 4.74 Å². The van der Waals surface area contributed by atoms with Gasteiger partial charge < -0.3 is 20.3 Å². The van der Waals surface area contributed by atoms with Gasteiger partial charge in [0.05, 0.1) is 24.0 Å². The van der Waals surface area contributed by atoms with Gasteiger partial charge in [-0.05, 0) is 32.0 Å². The molecule has 1 fully saturated rings. The fourth-order valence-corrected chi connectivity index (χ4v) is 3.42. The van der Waals surface area contributed by atoms with E-state index in [-0.39, 0.29) is 11.8 Å². The number of nitrogens with one attached hydrogen (secondary N) is 2. The molecular formula is C19H30N4O3. The SMILES string of the molecule is CCN1CCC[C@@H]1CNC(=O)c1cc(NC(C)=O)c(N(C)C)cc1OC. The molecule has 1 aliphatic heterocycles. The molecule has 0 spiro atoms. The van der Waals surface area contributed by atoms with Crippen LogP contribution in [0.25, 0.3) is 0 Å². The van der Waals surface area contributed by atoms with Crippen LogP contribution in [0.5, 0.6) is 5.75 Å². The van der Waals surface area contributed by atoms with Crippen molar-refractivity contribution in [2.75, 3.05) is 51.1 Å². The zero-order chi connectivity index (χ0) is 19.3. The van der Waals surface area contributed by atoms with Crippen LogP contribution in [0.3, 0.4) is 0 Å². The van der Waals surface area contributed by atoms with Crippen LogP contribution in [-0.2, 0) is 4.79 Å². The molecule has 0 saturated carbocycles. The summed E-state index contributed by atoms with van der Waals surface area (Å²) in [7, 11) is 5.29. The molecule has 2 N–H and O–H groups in total. The molecule has 1 heterocycles. The van der Waals surface area contributed by atoms with Crippen LogP contribution in [0.4, 0.5) is 11.4 Å². The van der Waals surface area contributed by atoms with E-state index in [1.165, 1.54) is 13.3 Å². The Kier molecular flexibility index (Phi) is 6.85. The quantitative estimate of drug-likeness (QED) is 0.775. The number of rotatable bonds is 7. The number of amides is 2. The van der Waals surface area contributed by atoms with E-state index in [9.17, 15) is 9.59 Å². The Bertz CT molecular complexity index is 660. The van der Waals surface area contributed by atoms with Gasteiger partial charge in [0.25, 0.3) is 5.91 Å². The Morgan fingerprint density at radius 3 is 2.65 bits per heavy atom. The number of methoxy groups -OCH3 is 1. The highest BCUT2D eigenvalue weighted by Gasteiger charge is 2.24. The van der Waals surface area contributed by atoms with Crippen molar-refractivity contribution in [1.82, 2.24) is 10.2 Å². The number of ether oxygens (including phenoxy) is 1. The number of carbonyl (C=O) groups is 2. The van der Waals surface area contributed by atoms with Crippen molar-refractivity contribution in [3.05, 3.63) is 17.7 Å². The minimum atomic E-state index is -0.193. The second kappa shape index (κ2) is 8.89. The van der Waals surface area contributed by atoms with Crippen molar-refractivity contribution in [2.24, 2.45) is 0 Å². The first-order valence-electron chi connectivity index (χ1n) is 9.06. The van der Waals surface area contributed by atoms with Crippen molar-refractivity contribution in [2.45, 2.75) is 32.7 Å². The van der Waals surface area contributed by atoms with Gasteiger partial charge >= 0.3 is 0 Å². The van der Waals surface area contributed by atoms with Gasteiger partial charge in [0, 0.05) is 39.7 Å². The summed E-state index contributed by atoms with van der Waals surface area (Å²) in [5, 5.41) is 5.81. The van der Waals surface area contributed by atoms with Gasteiger partial charge in [-0.25, -0.2) is 0 Å². The highest BCUT2D eigenvalue weighted by atomic mass is 16.5. The zero-order valence-electron chi connectivity index (χ0n) is 16.4. The van der Waals surface area contributed by atoms with Gasteiger partial charge in [0.15, 0.2) is 0 Å². The van der Waals surface area contributed by atoms with Gasteiger partial charge in [0.2, 0.25) is 5.91 Å². The smallest absolute Gasteiger partial charge is 0.255 e. The molecular weight excluding hydrogens is 332 g/mol. The maximum atomic E-state index is 12.8. The molecule has 2 rings (SSSR count). The molecule has 0 unspecified atom stereocenters. The lowest BCUT2D eigenvalue weighted by Gasteiger charge is -2.24. The summed E-state index contributed by atoms with van der Waals surface area (Å²) in [5.74, 6) is 0.106. The van der Waals surface area contributed by atoms with Crippen molar-refractivity contribution >= 4 is 23.2 Å². The van der Waals surface area contributed by atoms with Gasteiger partial charge in [-0.1, -0.05) is 6.92 Å². The molecule has 7 heteroatoms. The molecule has 1 atom stereocenters. The highest BCUT2D eigenvalue weighted by Crippen LogP contribution is 2.33. The summed E-state index contributed by atoms with van der Waals surface area (Å²) in [6.07, 6.45) is 2.27. The van der Waals surface area contributed by atoms with Crippen LogP contribution in [0.1, 0.15) is 37.0 Å². The summed E-state index contributed by atoms with van der Waals surface area (Å²) in [4.78, 5) is 28.5. The molecule has 1 aromatic carbocycles. The third kappa shape index (κ3) is 4.66.